The predicted octanol–water partition coefficient (Wildman–Crippen LogP) is 1.68. The van der Waals surface area contributed by atoms with Crippen LogP contribution in [0.5, 0.6) is 0 Å². The van der Waals surface area contributed by atoms with E-state index in [1.165, 1.54) is 12.1 Å². The molecule has 0 radical (unpaired) electrons. The zero-order valence-corrected chi connectivity index (χ0v) is 11.8. The van der Waals surface area contributed by atoms with Crippen molar-refractivity contribution in [2.45, 2.75) is 24.3 Å². The van der Waals surface area contributed by atoms with Gasteiger partial charge in [0.05, 0.1) is 15.6 Å². The van der Waals surface area contributed by atoms with E-state index in [1.807, 2.05) is 0 Å². The Labute approximate surface area is 111 Å². The van der Waals surface area contributed by atoms with Gasteiger partial charge >= 0.3 is 0 Å². The van der Waals surface area contributed by atoms with Gasteiger partial charge in [-0.05, 0) is 26.0 Å². The number of sulfonamides is 1. The number of halogens is 1. The van der Waals surface area contributed by atoms with Crippen LogP contribution < -0.4 is 10.5 Å². The number of nitrogens with one attached hydrogen (secondary N) is 1. The molecule has 0 saturated carbocycles. The van der Waals surface area contributed by atoms with Crippen molar-refractivity contribution < 1.29 is 8.42 Å². The maximum absolute atomic E-state index is 12.1. The van der Waals surface area contributed by atoms with Crippen molar-refractivity contribution in [2.75, 3.05) is 0 Å². The Morgan fingerprint density at radius 2 is 1.94 bits per heavy atom. The van der Waals surface area contributed by atoms with Crippen LogP contribution >= 0.6 is 23.8 Å². The van der Waals surface area contributed by atoms with E-state index in [0.717, 1.165) is 0 Å². The van der Waals surface area contributed by atoms with Crippen molar-refractivity contribution in [3.05, 3.63) is 29.3 Å². The summed E-state index contributed by atoms with van der Waals surface area (Å²) in [6.45, 7) is 3.17. The van der Waals surface area contributed by atoms with Crippen LogP contribution in [0, 0.1) is 0 Å². The van der Waals surface area contributed by atoms with Crippen molar-refractivity contribution in [1.29, 1.82) is 0 Å². The van der Waals surface area contributed by atoms with E-state index in [-0.39, 0.29) is 14.9 Å². The third-order valence-electron chi connectivity index (χ3n) is 2.13. The molecule has 0 aliphatic rings. The standard InChI is InChI=1S/C10H13ClN2O2S2/c1-10(2,9(12)16)13-17(14,15)8-6-4-3-5-7(8)11/h3-6,13H,1-2H3,(H2,12,16). The van der Waals surface area contributed by atoms with Gasteiger partial charge in [0.15, 0.2) is 0 Å². The number of benzene rings is 1. The van der Waals surface area contributed by atoms with Gasteiger partial charge in [-0.1, -0.05) is 36.0 Å². The minimum absolute atomic E-state index is 0.00555. The molecule has 1 aromatic rings. The lowest BCUT2D eigenvalue weighted by atomic mass is 10.1. The minimum Gasteiger partial charge on any atom is -0.392 e. The molecule has 0 bridgehead atoms. The summed E-state index contributed by atoms with van der Waals surface area (Å²) in [5, 5.41) is 0.152. The van der Waals surface area contributed by atoms with Crippen LogP contribution in [0.4, 0.5) is 0 Å². The molecule has 4 nitrogen and oxygen atoms in total. The average Bonchev–Trinajstić information content (AvgIpc) is 2.16. The highest BCUT2D eigenvalue weighted by Crippen LogP contribution is 2.21. The zero-order chi connectivity index (χ0) is 13.3. The molecular weight excluding hydrogens is 280 g/mol. The van der Waals surface area contributed by atoms with Gasteiger partial charge in [0, 0.05) is 0 Å². The molecule has 0 aliphatic carbocycles. The van der Waals surface area contributed by atoms with Crippen LogP contribution in [0.15, 0.2) is 29.2 Å². The van der Waals surface area contributed by atoms with E-state index in [2.05, 4.69) is 4.72 Å². The van der Waals surface area contributed by atoms with E-state index >= 15 is 0 Å². The third kappa shape index (κ3) is 3.38. The second kappa shape index (κ2) is 4.89. The molecule has 0 atom stereocenters. The van der Waals surface area contributed by atoms with Crippen LogP contribution in [0.1, 0.15) is 13.8 Å². The Hall–Kier alpha value is -0.690. The second-order valence-corrected chi connectivity index (χ2v) is 6.52. The number of hydrogen-bond donors (Lipinski definition) is 2. The molecule has 1 rings (SSSR count). The van der Waals surface area contributed by atoms with Gasteiger partial charge < -0.3 is 5.73 Å². The molecule has 1 aromatic carbocycles. The summed E-state index contributed by atoms with van der Waals surface area (Å²) in [6.07, 6.45) is 0. The fourth-order valence-electron chi connectivity index (χ4n) is 1.10. The maximum atomic E-state index is 12.1. The summed E-state index contributed by atoms with van der Waals surface area (Å²) in [5.74, 6) is 0. The molecule has 0 heterocycles. The Morgan fingerprint density at radius 1 is 1.41 bits per heavy atom. The maximum Gasteiger partial charge on any atom is 0.242 e. The Morgan fingerprint density at radius 3 is 2.41 bits per heavy atom. The lowest BCUT2D eigenvalue weighted by molar-refractivity contribution is 0.546. The van der Waals surface area contributed by atoms with Crippen molar-refractivity contribution >= 4 is 38.8 Å². The number of rotatable bonds is 4. The summed E-state index contributed by atoms with van der Waals surface area (Å²) in [5.41, 5.74) is 4.46. The van der Waals surface area contributed by atoms with Gasteiger partial charge in [-0.15, -0.1) is 0 Å². The molecule has 0 amide bonds. The SMILES string of the molecule is CC(C)(NS(=O)(=O)c1ccccc1Cl)C(N)=S. The molecule has 0 unspecified atom stereocenters. The van der Waals surface area contributed by atoms with E-state index in [1.54, 1.807) is 26.0 Å². The fraction of sp³-hybridized carbons (Fsp3) is 0.300. The van der Waals surface area contributed by atoms with Gasteiger partial charge in [0.1, 0.15) is 4.90 Å². The van der Waals surface area contributed by atoms with Gasteiger partial charge in [-0.25, -0.2) is 8.42 Å². The summed E-state index contributed by atoms with van der Waals surface area (Å²) in [7, 11) is -3.74. The first kappa shape index (κ1) is 14.4. The number of nitrogens with two attached hydrogens (primary N) is 1. The smallest absolute Gasteiger partial charge is 0.242 e. The normalized spacial score (nSPS) is 12.4. The van der Waals surface area contributed by atoms with E-state index in [4.69, 9.17) is 29.6 Å². The van der Waals surface area contributed by atoms with Gasteiger partial charge in [0.25, 0.3) is 0 Å². The molecular formula is C10H13ClN2O2S2. The highest BCUT2D eigenvalue weighted by molar-refractivity contribution is 7.89. The molecule has 0 saturated heterocycles. The molecule has 17 heavy (non-hydrogen) atoms. The topological polar surface area (TPSA) is 72.2 Å². The molecule has 0 aromatic heterocycles. The quantitative estimate of drug-likeness (QED) is 0.828. The average molecular weight is 293 g/mol. The summed E-state index contributed by atoms with van der Waals surface area (Å²) in [6, 6.07) is 6.17. The molecule has 0 aliphatic heterocycles. The van der Waals surface area contributed by atoms with E-state index in [0.29, 0.717) is 0 Å². The van der Waals surface area contributed by atoms with Crippen molar-refractivity contribution in [3.8, 4) is 0 Å². The zero-order valence-electron chi connectivity index (χ0n) is 9.40. The first-order chi connectivity index (χ1) is 7.67. The van der Waals surface area contributed by atoms with Crippen LogP contribution in [-0.2, 0) is 10.0 Å². The van der Waals surface area contributed by atoms with Crippen LogP contribution in [0.3, 0.4) is 0 Å². The fourth-order valence-corrected chi connectivity index (χ4v) is 3.13. The van der Waals surface area contributed by atoms with Crippen LogP contribution in [-0.4, -0.2) is 18.9 Å². The van der Waals surface area contributed by atoms with Crippen LogP contribution in [0.25, 0.3) is 0 Å². The van der Waals surface area contributed by atoms with E-state index in [9.17, 15) is 8.42 Å². The highest BCUT2D eigenvalue weighted by Gasteiger charge is 2.29. The first-order valence-corrected chi connectivity index (χ1v) is 7.02. The van der Waals surface area contributed by atoms with Crippen molar-refractivity contribution in [2.24, 2.45) is 5.73 Å². The van der Waals surface area contributed by atoms with Gasteiger partial charge in [-0.3, -0.25) is 0 Å². The monoisotopic (exact) mass is 292 g/mol. The number of thiocarbonyl (C=S) groups is 1. The Kier molecular flexibility index (Phi) is 4.14. The van der Waals surface area contributed by atoms with Gasteiger partial charge in [0.2, 0.25) is 10.0 Å². The summed E-state index contributed by atoms with van der Waals surface area (Å²) >= 11 is 10.6. The highest BCUT2D eigenvalue weighted by atomic mass is 35.5. The first-order valence-electron chi connectivity index (χ1n) is 4.75. The lowest BCUT2D eigenvalue weighted by Crippen LogP contribution is -2.51. The lowest BCUT2D eigenvalue weighted by Gasteiger charge is -2.24. The number of hydrogen-bond acceptors (Lipinski definition) is 3. The molecule has 0 fully saturated rings. The van der Waals surface area contributed by atoms with Crippen molar-refractivity contribution in [3.63, 3.8) is 0 Å². The summed E-state index contributed by atoms with van der Waals surface area (Å²) < 4.78 is 26.5. The predicted molar refractivity (Wildman–Crippen MR) is 72.6 cm³/mol. The summed E-state index contributed by atoms with van der Waals surface area (Å²) in [4.78, 5) is 0.0686. The molecule has 7 heteroatoms. The second-order valence-electron chi connectivity index (χ2n) is 4.03. The van der Waals surface area contributed by atoms with Gasteiger partial charge in [-0.2, -0.15) is 4.72 Å². The van der Waals surface area contributed by atoms with Crippen molar-refractivity contribution in [1.82, 2.24) is 4.72 Å². The van der Waals surface area contributed by atoms with E-state index < -0.39 is 15.6 Å². The Balaban J connectivity index is 3.15. The molecule has 3 N–H and O–H groups in total. The minimum atomic E-state index is -3.74. The largest absolute Gasteiger partial charge is 0.392 e. The third-order valence-corrected chi connectivity index (χ3v) is 4.80. The molecule has 0 spiro atoms. The van der Waals surface area contributed by atoms with Crippen LogP contribution in [0.2, 0.25) is 5.02 Å². The Bertz CT molecular complexity index is 541. The molecule has 94 valence electrons.